The highest BCUT2D eigenvalue weighted by molar-refractivity contribution is 9.07. The molecule has 0 radical (unpaired) electrons. The van der Waals surface area contributed by atoms with Crippen LogP contribution in [0, 0.1) is 0 Å². The van der Waals surface area contributed by atoms with Gasteiger partial charge in [0.2, 0.25) is 0 Å². The molecular weight excluding hydrogens is 196 g/mol. The lowest BCUT2D eigenvalue weighted by Crippen LogP contribution is -2.14. The molecule has 52 valence electrons. The second-order valence-electron chi connectivity index (χ2n) is 2.02. The molecule has 1 aliphatic rings. The molecule has 0 atom stereocenters. The Morgan fingerprint density at radius 1 is 1.60 bits per heavy atom. The quantitative estimate of drug-likeness (QED) is 0.583. The normalized spacial score (nSPS) is 15.5. The zero-order valence-electron chi connectivity index (χ0n) is 5.11. The number of aromatic nitrogens is 3. The number of nitrogens with zero attached hydrogens (tertiary/aromatic N) is 4. The number of fused-ring (bicyclic) bond motifs is 1. The van der Waals surface area contributed by atoms with E-state index in [0.717, 1.165) is 12.5 Å². The van der Waals surface area contributed by atoms with Crippen LogP contribution in [0.25, 0.3) is 6.08 Å². The zero-order valence-corrected chi connectivity index (χ0v) is 6.69. The van der Waals surface area contributed by atoms with Gasteiger partial charge in [0.15, 0.2) is 5.82 Å². The average Bonchev–Trinajstić information content (AvgIpc) is 2.33. The van der Waals surface area contributed by atoms with Gasteiger partial charge in [-0.15, -0.1) is 10.2 Å². The monoisotopic (exact) mass is 200 g/mol. The molecule has 0 fully saturated rings. The Hall–Kier alpha value is -0.840. The maximum absolute atomic E-state index is 3.87. The fourth-order valence-corrected chi connectivity index (χ4v) is 1.20. The van der Waals surface area contributed by atoms with E-state index in [1.807, 2.05) is 20.8 Å². The highest BCUT2D eigenvalue weighted by Gasteiger charge is 2.06. The first-order valence-electron chi connectivity index (χ1n) is 2.85. The molecule has 0 unspecified atom stereocenters. The summed E-state index contributed by atoms with van der Waals surface area (Å²) in [7, 11) is 0. The van der Waals surface area contributed by atoms with Crippen molar-refractivity contribution in [2.24, 2.45) is 0 Å². The van der Waals surface area contributed by atoms with Crippen LogP contribution in [0.2, 0.25) is 0 Å². The summed E-state index contributed by atoms with van der Waals surface area (Å²) in [6.45, 7) is 0.763. The van der Waals surface area contributed by atoms with E-state index in [2.05, 4.69) is 26.3 Å². The van der Waals surface area contributed by atoms with Crippen LogP contribution in [-0.2, 0) is 6.67 Å². The fraction of sp³-hybridized carbons (Fsp3) is 0.200. The Labute approximate surface area is 66.5 Å². The Morgan fingerprint density at radius 3 is 3.40 bits per heavy atom. The average molecular weight is 201 g/mol. The van der Waals surface area contributed by atoms with E-state index in [0.29, 0.717) is 0 Å². The van der Waals surface area contributed by atoms with Gasteiger partial charge in [0.25, 0.3) is 0 Å². The third-order valence-electron chi connectivity index (χ3n) is 1.32. The summed E-state index contributed by atoms with van der Waals surface area (Å²) in [4.78, 5) is 0. The Morgan fingerprint density at radius 2 is 2.50 bits per heavy atom. The van der Waals surface area contributed by atoms with Gasteiger partial charge >= 0.3 is 0 Å². The molecule has 1 aliphatic heterocycles. The van der Waals surface area contributed by atoms with E-state index in [9.17, 15) is 0 Å². The van der Waals surface area contributed by atoms with Gasteiger partial charge in [0.05, 0.1) is 16.1 Å². The predicted octanol–water partition coefficient (Wildman–Crippen LogP) is 0.832. The smallest absolute Gasteiger partial charge is 0.159 e. The van der Waals surface area contributed by atoms with Crippen LogP contribution >= 0.6 is 16.1 Å². The highest BCUT2D eigenvalue weighted by Crippen LogP contribution is 2.11. The van der Waals surface area contributed by atoms with Crippen molar-refractivity contribution in [3.8, 4) is 0 Å². The molecule has 2 heterocycles. The standard InChI is InChI=1S/C5H5BrN4/c6-10-2-1-5-8-7-3-9(5)4-10/h1-3H,4H2. The molecule has 0 bridgehead atoms. The summed E-state index contributed by atoms with van der Waals surface area (Å²) in [5.74, 6) is 0.899. The van der Waals surface area contributed by atoms with E-state index < -0.39 is 0 Å². The van der Waals surface area contributed by atoms with E-state index >= 15 is 0 Å². The third kappa shape index (κ3) is 0.824. The molecule has 0 spiro atoms. The summed E-state index contributed by atoms with van der Waals surface area (Å²) < 4.78 is 3.82. The van der Waals surface area contributed by atoms with Gasteiger partial charge < -0.3 is 0 Å². The molecule has 0 saturated carbocycles. The van der Waals surface area contributed by atoms with Crippen molar-refractivity contribution in [1.82, 2.24) is 18.7 Å². The van der Waals surface area contributed by atoms with Gasteiger partial charge in [-0.25, -0.2) is 0 Å². The second kappa shape index (κ2) is 2.09. The molecule has 0 saturated heterocycles. The molecule has 10 heavy (non-hydrogen) atoms. The molecule has 0 N–H and O–H groups in total. The maximum Gasteiger partial charge on any atom is 0.159 e. The zero-order chi connectivity index (χ0) is 6.97. The van der Waals surface area contributed by atoms with Crippen LogP contribution < -0.4 is 0 Å². The molecule has 1 aromatic rings. The summed E-state index contributed by atoms with van der Waals surface area (Å²) in [6.07, 6.45) is 5.50. The van der Waals surface area contributed by atoms with Crippen LogP contribution in [0.3, 0.4) is 0 Å². The lowest BCUT2D eigenvalue weighted by molar-refractivity contribution is 0.485. The Kier molecular flexibility index (Phi) is 1.23. The number of hydrogen-bond acceptors (Lipinski definition) is 3. The van der Waals surface area contributed by atoms with Crippen LogP contribution in [0.4, 0.5) is 0 Å². The van der Waals surface area contributed by atoms with Gasteiger partial charge in [-0.2, -0.15) is 0 Å². The Balaban J connectivity index is 2.43. The number of rotatable bonds is 0. The summed E-state index contributed by atoms with van der Waals surface area (Å²) in [6, 6.07) is 0. The number of halogens is 1. The van der Waals surface area contributed by atoms with Crippen LogP contribution in [0.15, 0.2) is 12.5 Å². The molecule has 0 amide bonds. The van der Waals surface area contributed by atoms with Gasteiger partial charge in [-0.05, 0) is 6.08 Å². The molecular formula is C5H5BrN4. The largest absolute Gasteiger partial charge is 0.296 e. The van der Waals surface area contributed by atoms with Crippen LogP contribution in [-0.4, -0.2) is 18.7 Å². The summed E-state index contributed by atoms with van der Waals surface area (Å²) in [5, 5.41) is 7.62. The van der Waals surface area contributed by atoms with E-state index in [-0.39, 0.29) is 0 Å². The Bertz CT molecular complexity index is 266. The van der Waals surface area contributed by atoms with E-state index in [1.54, 1.807) is 6.33 Å². The molecule has 4 nitrogen and oxygen atoms in total. The topological polar surface area (TPSA) is 34.0 Å². The minimum Gasteiger partial charge on any atom is -0.296 e. The minimum atomic E-state index is 0.763. The third-order valence-corrected chi connectivity index (χ3v) is 1.78. The second-order valence-corrected chi connectivity index (χ2v) is 2.93. The lowest BCUT2D eigenvalue weighted by Gasteiger charge is -2.15. The molecule has 0 aliphatic carbocycles. The van der Waals surface area contributed by atoms with Crippen molar-refractivity contribution in [1.29, 1.82) is 0 Å². The van der Waals surface area contributed by atoms with Crippen molar-refractivity contribution < 1.29 is 0 Å². The lowest BCUT2D eigenvalue weighted by atomic mass is 10.5. The van der Waals surface area contributed by atoms with Crippen molar-refractivity contribution in [3.05, 3.63) is 18.4 Å². The number of hydrogen-bond donors (Lipinski definition) is 0. The van der Waals surface area contributed by atoms with Gasteiger partial charge in [0.1, 0.15) is 13.0 Å². The van der Waals surface area contributed by atoms with Crippen molar-refractivity contribution >= 4 is 22.2 Å². The van der Waals surface area contributed by atoms with Gasteiger partial charge in [-0.3, -0.25) is 8.49 Å². The van der Waals surface area contributed by atoms with Crippen LogP contribution in [0.1, 0.15) is 5.82 Å². The first-order chi connectivity index (χ1) is 4.86. The molecule has 1 aromatic heterocycles. The summed E-state index contributed by atoms with van der Waals surface area (Å²) in [5.41, 5.74) is 0. The fourth-order valence-electron chi connectivity index (χ4n) is 0.842. The van der Waals surface area contributed by atoms with Gasteiger partial charge in [-0.1, -0.05) is 0 Å². The minimum absolute atomic E-state index is 0.763. The molecule has 2 rings (SSSR count). The SMILES string of the molecule is BrN1C=Cc2nncn2C1. The predicted molar refractivity (Wildman–Crippen MR) is 39.8 cm³/mol. The maximum atomic E-state index is 3.87. The van der Waals surface area contributed by atoms with Crippen molar-refractivity contribution in [3.63, 3.8) is 0 Å². The van der Waals surface area contributed by atoms with Crippen molar-refractivity contribution in [2.45, 2.75) is 6.67 Å². The van der Waals surface area contributed by atoms with Crippen molar-refractivity contribution in [2.75, 3.05) is 0 Å². The van der Waals surface area contributed by atoms with Gasteiger partial charge in [0, 0.05) is 6.20 Å². The van der Waals surface area contributed by atoms with E-state index in [1.165, 1.54) is 0 Å². The first-order valence-corrected chi connectivity index (χ1v) is 3.55. The molecule has 0 aromatic carbocycles. The molecule has 5 heteroatoms. The first kappa shape index (κ1) is 5.91. The summed E-state index contributed by atoms with van der Waals surface area (Å²) >= 11 is 3.31. The van der Waals surface area contributed by atoms with Crippen LogP contribution in [0.5, 0.6) is 0 Å². The van der Waals surface area contributed by atoms with E-state index in [4.69, 9.17) is 0 Å². The highest BCUT2D eigenvalue weighted by atomic mass is 79.9.